The SMILES string of the molecule is CC1=C(C)c2c(N[C@@H]3CCNC3)ccc(C#N)c2C1. The third-order valence-corrected chi connectivity index (χ3v) is 4.31. The van der Waals surface area contributed by atoms with Crippen molar-refractivity contribution in [3.8, 4) is 6.07 Å². The number of benzene rings is 1. The van der Waals surface area contributed by atoms with Crippen molar-refractivity contribution in [3.05, 3.63) is 34.4 Å². The van der Waals surface area contributed by atoms with E-state index in [4.69, 9.17) is 0 Å². The van der Waals surface area contributed by atoms with E-state index in [1.54, 1.807) is 0 Å². The number of anilines is 1. The summed E-state index contributed by atoms with van der Waals surface area (Å²) in [6.45, 7) is 6.44. The predicted molar refractivity (Wildman–Crippen MR) is 78.0 cm³/mol. The van der Waals surface area contributed by atoms with E-state index in [2.05, 4.69) is 36.6 Å². The van der Waals surface area contributed by atoms with E-state index in [-0.39, 0.29) is 0 Å². The van der Waals surface area contributed by atoms with Crippen LogP contribution in [0.2, 0.25) is 0 Å². The van der Waals surface area contributed by atoms with Gasteiger partial charge in [-0.2, -0.15) is 5.26 Å². The van der Waals surface area contributed by atoms with Crippen molar-refractivity contribution in [2.75, 3.05) is 18.4 Å². The third kappa shape index (κ3) is 2.02. The monoisotopic (exact) mass is 253 g/mol. The van der Waals surface area contributed by atoms with Gasteiger partial charge in [-0.1, -0.05) is 5.57 Å². The number of nitriles is 1. The molecule has 1 aliphatic heterocycles. The molecule has 1 aliphatic carbocycles. The first-order chi connectivity index (χ1) is 9.20. The number of hydrogen-bond acceptors (Lipinski definition) is 3. The van der Waals surface area contributed by atoms with Gasteiger partial charge in [-0.05, 0) is 56.5 Å². The first-order valence-electron chi connectivity index (χ1n) is 6.90. The van der Waals surface area contributed by atoms with Crippen LogP contribution in [0.1, 0.15) is 37.0 Å². The highest BCUT2D eigenvalue weighted by molar-refractivity contribution is 5.85. The molecule has 0 bridgehead atoms. The van der Waals surface area contributed by atoms with Crippen LogP contribution in [0.5, 0.6) is 0 Å². The minimum Gasteiger partial charge on any atom is -0.380 e. The second-order valence-corrected chi connectivity index (χ2v) is 5.54. The molecule has 1 aromatic rings. The molecule has 3 nitrogen and oxygen atoms in total. The predicted octanol–water partition coefficient (Wildman–Crippen LogP) is 2.68. The Kier molecular flexibility index (Phi) is 3.04. The standard InChI is InChI=1S/C16H19N3/c1-10-7-14-12(8-17)3-4-15(16(14)11(10)2)19-13-5-6-18-9-13/h3-4,13,18-19H,5-7,9H2,1-2H3/t13-/m1/s1. The second kappa shape index (κ2) is 4.71. The third-order valence-electron chi connectivity index (χ3n) is 4.31. The van der Waals surface area contributed by atoms with Gasteiger partial charge in [0.2, 0.25) is 0 Å². The van der Waals surface area contributed by atoms with E-state index in [1.807, 2.05) is 6.07 Å². The maximum Gasteiger partial charge on any atom is 0.0994 e. The van der Waals surface area contributed by atoms with Gasteiger partial charge in [-0.3, -0.25) is 0 Å². The van der Waals surface area contributed by atoms with E-state index < -0.39 is 0 Å². The van der Waals surface area contributed by atoms with Crippen molar-refractivity contribution < 1.29 is 0 Å². The molecule has 0 amide bonds. The first-order valence-corrected chi connectivity index (χ1v) is 6.90. The maximum absolute atomic E-state index is 9.25. The lowest BCUT2D eigenvalue weighted by molar-refractivity contribution is 0.793. The smallest absolute Gasteiger partial charge is 0.0994 e. The summed E-state index contributed by atoms with van der Waals surface area (Å²) in [5.41, 5.74) is 7.20. The van der Waals surface area contributed by atoms with Crippen LogP contribution in [0.15, 0.2) is 17.7 Å². The van der Waals surface area contributed by atoms with Crippen LogP contribution >= 0.6 is 0 Å². The van der Waals surface area contributed by atoms with Crippen molar-refractivity contribution >= 4 is 11.3 Å². The Hall–Kier alpha value is -1.79. The van der Waals surface area contributed by atoms with Gasteiger partial charge in [0.05, 0.1) is 11.6 Å². The zero-order chi connectivity index (χ0) is 13.4. The van der Waals surface area contributed by atoms with Crippen molar-refractivity contribution in [1.82, 2.24) is 5.32 Å². The second-order valence-electron chi connectivity index (χ2n) is 5.54. The summed E-state index contributed by atoms with van der Waals surface area (Å²) in [6.07, 6.45) is 2.08. The molecule has 98 valence electrons. The molecular formula is C16H19N3. The highest BCUT2D eigenvalue weighted by Crippen LogP contribution is 2.39. The summed E-state index contributed by atoms with van der Waals surface area (Å²) in [5.74, 6) is 0. The summed E-state index contributed by atoms with van der Waals surface area (Å²) in [5, 5.41) is 16.3. The largest absolute Gasteiger partial charge is 0.380 e. The Morgan fingerprint density at radius 1 is 1.37 bits per heavy atom. The molecule has 0 unspecified atom stereocenters. The molecule has 1 atom stereocenters. The van der Waals surface area contributed by atoms with Gasteiger partial charge < -0.3 is 10.6 Å². The highest BCUT2D eigenvalue weighted by atomic mass is 15.0. The Labute approximate surface area is 114 Å². The molecule has 1 saturated heterocycles. The normalized spacial score (nSPS) is 21.4. The fourth-order valence-corrected chi connectivity index (χ4v) is 3.09. The lowest BCUT2D eigenvalue weighted by Crippen LogP contribution is -2.22. The van der Waals surface area contributed by atoms with Gasteiger partial charge in [0, 0.05) is 23.8 Å². The van der Waals surface area contributed by atoms with Crippen molar-refractivity contribution in [2.45, 2.75) is 32.7 Å². The lowest BCUT2D eigenvalue weighted by Gasteiger charge is -2.18. The Morgan fingerprint density at radius 2 is 2.21 bits per heavy atom. The Balaban J connectivity index is 2.02. The molecule has 3 rings (SSSR count). The number of nitrogens with zero attached hydrogens (tertiary/aromatic N) is 1. The average Bonchev–Trinajstić information content (AvgIpc) is 3.00. The van der Waals surface area contributed by atoms with Gasteiger partial charge >= 0.3 is 0 Å². The number of rotatable bonds is 2. The minimum absolute atomic E-state index is 0.505. The minimum atomic E-state index is 0.505. The topological polar surface area (TPSA) is 47.8 Å². The van der Waals surface area contributed by atoms with Gasteiger partial charge in [-0.25, -0.2) is 0 Å². The fourth-order valence-electron chi connectivity index (χ4n) is 3.09. The van der Waals surface area contributed by atoms with E-state index in [1.165, 1.54) is 28.0 Å². The lowest BCUT2D eigenvalue weighted by atomic mass is 9.98. The van der Waals surface area contributed by atoms with E-state index >= 15 is 0 Å². The zero-order valence-electron chi connectivity index (χ0n) is 11.5. The molecule has 1 aromatic carbocycles. The van der Waals surface area contributed by atoms with Gasteiger partial charge in [-0.15, -0.1) is 0 Å². The maximum atomic E-state index is 9.25. The van der Waals surface area contributed by atoms with Crippen LogP contribution < -0.4 is 10.6 Å². The molecule has 0 radical (unpaired) electrons. The van der Waals surface area contributed by atoms with Crippen LogP contribution in [0.4, 0.5) is 5.69 Å². The molecule has 0 aromatic heterocycles. The van der Waals surface area contributed by atoms with Crippen molar-refractivity contribution in [3.63, 3.8) is 0 Å². The van der Waals surface area contributed by atoms with Gasteiger partial charge in [0.15, 0.2) is 0 Å². The quantitative estimate of drug-likeness (QED) is 0.852. The van der Waals surface area contributed by atoms with E-state index in [0.29, 0.717) is 6.04 Å². The number of nitrogens with one attached hydrogen (secondary N) is 2. The van der Waals surface area contributed by atoms with Crippen LogP contribution in [-0.4, -0.2) is 19.1 Å². The summed E-state index contributed by atoms with van der Waals surface area (Å²) >= 11 is 0. The summed E-state index contributed by atoms with van der Waals surface area (Å²) < 4.78 is 0. The van der Waals surface area contributed by atoms with E-state index in [0.717, 1.165) is 31.5 Å². The van der Waals surface area contributed by atoms with Crippen molar-refractivity contribution in [2.24, 2.45) is 0 Å². The summed E-state index contributed by atoms with van der Waals surface area (Å²) in [7, 11) is 0. The molecule has 0 spiro atoms. The Morgan fingerprint density at radius 3 is 2.89 bits per heavy atom. The fraction of sp³-hybridized carbons (Fsp3) is 0.438. The summed E-state index contributed by atoms with van der Waals surface area (Å²) in [4.78, 5) is 0. The molecule has 1 heterocycles. The summed E-state index contributed by atoms with van der Waals surface area (Å²) in [6, 6.07) is 6.85. The molecule has 2 aliphatic rings. The molecule has 1 fully saturated rings. The molecular weight excluding hydrogens is 234 g/mol. The number of hydrogen-bond donors (Lipinski definition) is 2. The van der Waals surface area contributed by atoms with Crippen LogP contribution in [0, 0.1) is 11.3 Å². The van der Waals surface area contributed by atoms with Gasteiger partial charge in [0.25, 0.3) is 0 Å². The zero-order valence-corrected chi connectivity index (χ0v) is 11.5. The molecule has 3 heteroatoms. The number of allylic oxidation sites excluding steroid dienone is 2. The highest BCUT2D eigenvalue weighted by Gasteiger charge is 2.24. The number of fused-ring (bicyclic) bond motifs is 1. The molecule has 2 N–H and O–H groups in total. The van der Waals surface area contributed by atoms with Crippen LogP contribution in [-0.2, 0) is 6.42 Å². The van der Waals surface area contributed by atoms with Crippen molar-refractivity contribution in [1.29, 1.82) is 5.26 Å². The van der Waals surface area contributed by atoms with Crippen LogP contribution in [0.3, 0.4) is 0 Å². The van der Waals surface area contributed by atoms with Gasteiger partial charge in [0.1, 0.15) is 0 Å². The average molecular weight is 253 g/mol. The first kappa shape index (κ1) is 12.3. The van der Waals surface area contributed by atoms with E-state index in [9.17, 15) is 5.26 Å². The molecule has 19 heavy (non-hydrogen) atoms. The Bertz CT molecular complexity index is 587. The molecule has 0 saturated carbocycles. The van der Waals surface area contributed by atoms with Crippen LogP contribution in [0.25, 0.3) is 5.57 Å².